The monoisotopic (exact) mass is 578 g/mol. The Hall–Kier alpha value is -5.36. The van der Waals surface area contributed by atoms with Gasteiger partial charge in [-0.1, -0.05) is 36.4 Å². The standard InChI is InChI=1S/C38H34N4O2/c1-23-18-28(42-27(5)38(26(4)40-42)37-24(2)10-9-11-25(37)3)20-31(19-23)44-30-14-15-33-32-12-7-8-13-34(32)41(35(33)21-30)36-22-29(43-6)16-17-39-36/h7-22H,1-6H3. The summed E-state index contributed by atoms with van der Waals surface area (Å²) < 4.78 is 16.3. The Labute approximate surface area is 257 Å². The van der Waals surface area contributed by atoms with Crippen molar-refractivity contribution in [1.29, 1.82) is 0 Å². The second-order valence-corrected chi connectivity index (χ2v) is 11.4. The number of hydrogen-bond acceptors (Lipinski definition) is 4. The van der Waals surface area contributed by atoms with E-state index in [0.29, 0.717) is 0 Å². The molecular weight excluding hydrogens is 544 g/mol. The van der Waals surface area contributed by atoms with Gasteiger partial charge < -0.3 is 9.47 Å². The SMILES string of the molecule is COc1ccnc(-n2c3ccccc3c3ccc(Oc4cc(C)cc(-n5nc(C)c(-c6c(C)cccc6C)c5C)c4)cc32)c1. The van der Waals surface area contributed by atoms with Gasteiger partial charge in [0.25, 0.3) is 0 Å². The van der Waals surface area contributed by atoms with E-state index in [9.17, 15) is 0 Å². The molecule has 7 aromatic rings. The Balaban J connectivity index is 1.31. The van der Waals surface area contributed by atoms with Crippen molar-refractivity contribution in [2.24, 2.45) is 0 Å². The van der Waals surface area contributed by atoms with E-state index in [0.717, 1.165) is 67.5 Å². The molecule has 0 aliphatic heterocycles. The summed E-state index contributed by atoms with van der Waals surface area (Å²) in [5.74, 6) is 3.04. The highest BCUT2D eigenvalue weighted by Gasteiger charge is 2.19. The first-order valence-corrected chi connectivity index (χ1v) is 14.8. The molecule has 0 atom stereocenters. The van der Waals surface area contributed by atoms with Gasteiger partial charge in [0.2, 0.25) is 0 Å². The van der Waals surface area contributed by atoms with E-state index in [1.807, 2.05) is 28.9 Å². The van der Waals surface area contributed by atoms with Crippen molar-refractivity contribution >= 4 is 21.8 Å². The molecule has 0 fully saturated rings. The van der Waals surface area contributed by atoms with Crippen LogP contribution in [0.1, 0.15) is 28.1 Å². The zero-order chi connectivity index (χ0) is 30.5. The van der Waals surface area contributed by atoms with E-state index in [2.05, 4.69) is 111 Å². The summed E-state index contributed by atoms with van der Waals surface area (Å²) >= 11 is 0. The van der Waals surface area contributed by atoms with E-state index < -0.39 is 0 Å². The lowest BCUT2D eigenvalue weighted by Crippen LogP contribution is -2.01. The van der Waals surface area contributed by atoms with Gasteiger partial charge >= 0.3 is 0 Å². The number of benzene rings is 4. The highest BCUT2D eigenvalue weighted by molar-refractivity contribution is 6.09. The highest BCUT2D eigenvalue weighted by atomic mass is 16.5. The van der Waals surface area contributed by atoms with Gasteiger partial charge in [-0.05, 0) is 93.3 Å². The molecule has 3 heterocycles. The Morgan fingerprint density at radius 2 is 1.41 bits per heavy atom. The molecule has 0 spiro atoms. The lowest BCUT2D eigenvalue weighted by molar-refractivity contribution is 0.414. The average Bonchev–Trinajstić information content (AvgIpc) is 3.50. The van der Waals surface area contributed by atoms with Crippen LogP contribution in [0.4, 0.5) is 0 Å². The van der Waals surface area contributed by atoms with E-state index in [4.69, 9.17) is 14.6 Å². The Morgan fingerprint density at radius 1 is 0.636 bits per heavy atom. The summed E-state index contributed by atoms with van der Waals surface area (Å²) in [5.41, 5.74) is 11.2. The zero-order valence-corrected chi connectivity index (χ0v) is 25.8. The summed E-state index contributed by atoms with van der Waals surface area (Å²) in [4.78, 5) is 4.68. The largest absolute Gasteiger partial charge is 0.497 e. The molecule has 6 heteroatoms. The molecule has 0 amide bonds. The lowest BCUT2D eigenvalue weighted by Gasteiger charge is -2.13. The van der Waals surface area contributed by atoms with Crippen LogP contribution >= 0.6 is 0 Å². The number of hydrogen-bond donors (Lipinski definition) is 0. The molecule has 0 aliphatic carbocycles. The molecule has 0 radical (unpaired) electrons. The molecule has 6 nitrogen and oxygen atoms in total. The van der Waals surface area contributed by atoms with Crippen LogP contribution in [0.3, 0.4) is 0 Å². The van der Waals surface area contributed by atoms with E-state index in [-0.39, 0.29) is 0 Å². The maximum absolute atomic E-state index is 6.56. The fourth-order valence-electron chi connectivity index (χ4n) is 6.42. The maximum atomic E-state index is 6.56. The number of fused-ring (bicyclic) bond motifs is 3. The topological polar surface area (TPSA) is 54.1 Å². The minimum absolute atomic E-state index is 0.741. The Bertz CT molecular complexity index is 2190. The quantitative estimate of drug-likeness (QED) is 0.197. The number of pyridine rings is 1. The number of nitrogens with zero attached hydrogens (tertiary/aromatic N) is 4. The molecule has 0 saturated heterocycles. The van der Waals surface area contributed by atoms with Gasteiger partial charge in [0, 0.05) is 46.4 Å². The van der Waals surface area contributed by atoms with Crippen LogP contribution in [0.25, 0.3) is 44.4 Å². The normalized spacial score (nSPS) is 11.4. The van der Waals surface area contributed by atoms with Crippen LogP contribution in [0.5, 0.6) is 17.2 Å². The number of rotatable bonds is 6. The van der Waals surface area contributed by atoms with Crippen LogP contribution in [0, 0.1) is 34.6 Å². The number of methoxy groups -OCH3 is 1. The molecule has 3 aromatic heterocycles. The first-order chi connectivity index (χ1) is 21.3. The second kappa shape index (κ2) is 10.7. The maximum Gasteiger partial charge on any atom is 0.141 e. The van der Waals surface area contributed by atoms with Crippen molar-refractivity contribution in [3.8, 4) is 39.9 Å². The van der Waals surface area contributed by atoms with E-state index in [1.54, 1.807) is 13.3 Å². The molecule has 44 heavy (non-hydrogen) atoms. The first kappa shape index (κ1) is 27.5. The Morgan fingerprint density at radius 3 is 2.20 bits per heavy atom. The second-order valence-electron chi connectivity index (χ2n) is 11.4. The first-order valence-electron chi connectivity index (χ1n) is 14.8. The predicted molar refractivity (Wildman–Crippen MR) is 178 cm³/mol. The van der Waals surface area contributed by atoms with Crippen molar-refractivity contribution in [2.45, 2.75) is 34.6 Å². The van der Waals surface area contributed by atoms with Crippen molar-refractivity contribution in [3.05, 3.63) is 125 Å². The number of aryl methyl sites for hydroxylation is 4. The lowest BCUT2D eigenvalue weighted by atomic mass is 9.94. The highest BCUT2D eigenvalue weighted by Crippen LogP contribution is 2.37. The van der Waals surface area contributed by atoms with Crippen molar-refractivity contribution in [1.82, 2.24) is 19.3 Å². The summed E-state index contributed by atoms with van der Waals surface area (Å²) in [7, 11) is 1.67. The van der Waals surface area contributed by atoms with E-state index >= 15 is 0 Å². The predicted octanol–water partition coefficient (Wildman–Crippen LogP) is 9.37. The molecule has 0 bridgehead atoms. The molecule has 0 aliphatic rings. The van der Waals surface area contributed by atoms with Gasteiger partial charge in [0.05, 0.1) is 29.5 Å². The third-order valence-electron chi connectivity index (χ3n) is 8.37. The fourth-order valence-corrected chi connectivity index (χ4v) is 6.42. The average molecular weight is 579 g/mol. The molecule has 0 N–H and O–H groups in total. The van der Waals surface area contributed by atoms with Crippen molar-refractivity contribution < 1.29 is 9.47 Å². The molecule has 0 saturated carbocycles. The van der Waals surface area contributed by atoms with Crippen LogP contribution in [0.15, 0.2) is 97.2 Å². The van der Waals surface area contributed by atoms with Crippen LogP contribution < -0.4 is 9.47 Å². The third-order valence-corrected chi connectivity index (χ3v) is 8.37. The van der Waals surface area contributed by atoms with Gasteiger partial charge in [-0.3, -0.25) is 4.57 Å². The van der Waals surface area contributed by atoms with Crippen molar-refractivity contribution in [3.63, 3.8) is 0 Å². The van der Waals surface area contributed by atoms with Gasteiger partial charge in [0.15, 0.2) is 0 Å². The molecule has 218 valence electrons. The van der Waals surface area contributed by atoms with Crippen LogP contribution in [-0.4, -0.2) is 26.4 Å². The van der Waals surface area contributed by atoms with E-state index in [1.165, 1.54) is 22.3 Å². The summed E-state index contributed by atoms with van der Waals surface area (Å²) in [5, 5.41) is 7.28. The molecular formula is C38H34N4O2. The van der Waals surface area contributed by atoms with Crippen LogP contribution in [-0.2, 0) is 0 Å². The minimum Gasteiger partial charge on any atom is -0.497 e. The van der Waals surface area contributed by atoms with Gasteiger partial charge in [0.1, 0.15) is 23.1 Å². The van der Waals surface area contributed by atoms with Gasteiger partial charge in [-0.2, -0.15) is 5.10 Å². The zero-order valence-electron chi connectivity index (χ0n) is 25.8. The summed E-state index contributed by atoms with van der Waals surface area (Å²) in [6, 6.07) is 31.1. The van der Waals surface area contributed by atoms with Crippen molar-refractivity contribution in [2.75, 3.05) is 7.11 Å². The molecule has 4 aromatic carbocycles. The number of aromatic nitrogens is 4. The van der Waals surface area contributed by atoms with Crippen LogP contribution in [0.2, 0.25) is 0 Å². The summed E-state index contributed by atoms with van der Waals surface area (Å²) in [6.07, 6.45) is 1.77. The Kier molecular flexibility index (Phi) is 6.70. The number of ether oxygens (including phenoxy) is 2. The number of para-hydroxylation sites is 1. The van der Waals surface area contributed by atoms with Gasteiger partial charge in [-0.15, -0.1) is 0 Å². The van der Waals surface area contributed by atoms with Gasteiger partial charge in [-0.25, -0.2) is 9.67 Å². The smallest absolute Gasteiger partial charge is 0.141 e. The fraction of sp³-hybridized carbons (Fsp3) is 0.158. The summed E-state index contributed by atoms with van der Waals surface area (Å²) in [6.45, 7) is 10.6. The minimum atomic E-state index is 0.741. The molecule has 0 unspecified atom stereocenters. The molecule has 7 rings (SSSR count). The third kappa shape index (κ3) is 4.60.